The van der Waals surface area contributed by atoms with Crippen LogP contribution >= 0.6 is 0 Å². The number of non-ortho nitro benzene ring substituents is 1. The van der Waals surface area contributed by atoms with E-state index in [0.29, 0.717) is 11.7 Å². The van der Waals surface area contributed by atoms with Crippen LogP contribution in [-0.2, 0) is 4.79 Å². The van der Waals surface area contributed by atoms with Gasteiger partial charge in [-0.3, -0.25) is 14.9 Å². The normalized spacial score (nSPS) is 11.6. The SMILES string of the molecule is CC[C@H](C)c1ccc(OCC(=O)Nc2cc([N+](=O)[O-])ccc2F)cc1. The first-order chi connectivity index (χ1) is 11.9. The molecule has 1 atom stereocenters. The molecular formula is C18H19FN2O4. The van der Waals surface area contributed by atoms with Crippen molar-refractivity contribution >= 4 is 17.3 Å². The first-order valence-corrected chi connectivity index (χ1v) is 7.87. The van der Waals surface area contributed by atoms with Crippen molar-refractivity contribution in [3.05, 3.63) is 64.0 Å². The van der Waals surface area contributed by atoms with Crippen LogP contribution in [0.4, 0.5) is 15.8 Å². The summed E-state index contributed by atoms with van der Waals surface area (Å²) in [6.07, 6.45) is 1.03. The lowest BCUT2D eigenvalue weighted by Gasteiger charge is -2.11. The summed E-state index contributed by atoms with van der Waals surface area (Å²) in [4.78, 5) is 21.9. The average Bonchev–Trinajstić information content (AvgIpc) is 2.61. The summed E-state index contributed by atoms with van der Waals surface area (Å²) in [7, 11) is 0. The van der Waals surface area contributed by atoms with E-state index in [0.717, 1.165) is 24.6 Å². The van der Waals surface area contributed by atoms with Crippen molar-refractivity contribution in [2.45, 2.75) is 26.2 Å². The molecule has 132 valence electrons. The number of nitrogens with one attached hydrogen (secondary N) is 1. The predicted molar refractivity (Wildman–Crippen MR) is 92.3 cm³/mol. The number of hydrogen-bond donors (Lipinski definition) is 1. The lowest BCUT2D eigenvalue weighted by Crippen LogP contribution is -2.20. The van der Waals surface area contributed by atoms with Gasteiger partial charge in [0.15, 0.2) is 6.61 Å². The molecule has 0 unspecified atom stereocenters. The quantitative estimate of drug-likeness (QED) is 0.600. The second-order valence-corrected chi connectivity index (χ2v) is 5.64. The van der Waals surface area contributed by atoms with E-state index in [4.69, 9.17) is 4.74 Å². The maximum atomic E-state index is 13.6. The highest BCUT2D eigenvalue weighted by Crippen LogP contribution is 2.22. The fraction of sp³-hybridized carbons (Fsp3) is 0.278. The van der Waals surface area contributed by atoms with Crippen LogP contribution in [0.5, 0.6) is 5.75 Å². The van der Waals surface area contributed by atoms with Crippen LogP contribution in [0.25, 0.3) is 0 Å². The number of anilines is 1. The van der Waals surface area contributed by atoms with Gasteiger partial charge < -0.3 is 10.1 Å². The molecule has 0 spiro atoms. The summed E-state index contributed by atoms with van der Waals surface area (Å²) in [5.41, 5.74) is 0.617. The number of rotatable bonds is 7. The van der Waals surface area contributed by atoms with Crippen LogP contribution in [0.1, 0.15) is 31.7 Å². The number of nitro benzene ring substituents is 1. The molecule has 0 aromatic heterocycles. The lowest BCUT2D eigenvalue weighted by molar-refractivity contribution is -0.384. The molecule has 6 nitrogen and oxygen atoms in total. The maximum Gasteiger partial charge on any atom is 0.271 e. The molecule has 0 bridgehead atoms. The Bertz CT molecular complexity index is 762. The Morgan fingerprint density at radius 2 is 1.96 bits per heavy atom. The summed E-state index contributed by atoms with van der Waals surface area (Å²) in [5.74, 6) is -0.404. The smallest absolute Gasteiger partial charge is 0.271 e. The molecule has 0 saturated heterocycles. The van der Waals surface area contributed by atoms with E-state index in [1.165, 1.54) is 5.56 Å². The number of ether oxygens (including phenoxy) is 1. The standard InChI is InChI=1S/C18H19FN2O4/c1-3-12(2)13-4-7-15(8-5-13)25-11-18(22)20-17-10-14(21(23)24)6-9-16(17)19/h4-10,12H,3,11H2,1-2H3,(H,20,22)/t12-/m0/s1. The highest BCUT2D eigenvalue weighted by Gasteiger charge is 2.13. The minimum absolute atomic E-state index is 0.255. The predicted octanol–water partition coefficient (Wildman–Crippen LogP) is 4.26. The number of hydrogen-bond acceptors (Lipinski definition) is 4. The molecule has 0 heterocycles. The summed E-state index contributed by atoms with van der Waals surface area (Å²) in [5, 5.41) is 13.0. The minimum Gasteiger partial charge on any atom is -0.484 e. The number of carbonyl (C=O) groups excluding carboxylic acids is 1. The Labute approximate surface area is 144 Å². The van der Waals surface area contributed by atoms with Crippen molar-refractivity contribution in [1.82, 2.24) is 0 Å². The van der Waals surface area contributed by atoms with Crippen LogP contribution in [0.15, 0.2) is 42.5 Å². The fourth-order valence-corrected chi connectivity index (χ4v) is 2.19. The lowest BCUT2D eigenvalue weighted by atomic mass is 9.99. The van der Waals surface area contributed by atoms with E-state index in [9.17, 15) is 19.3 Å². The number of nitro groups is 1. The van der Waals surface area contributed by atoms with Gasteiger partial charge in [0.2, 0.25) is 0 Å². The van der Waals surface area contributed by atoms with Crippen LogP contribution < -0.4 is 10.1 Å². The first kappa shape index (κ1) is 18.4. The molecule has 2 aromatic rings. The monoisotopic (exact) mass is 346 g/mol. The van der Waals surface area contributed by atoms with Gasteiger partial charge in [0.05, 0.1) is 10.6 Å². The molecule has 1 N–H and O–H groups in total. The van der Waals surface area contributed by atoms with Gasteiger partial charge in [0.1, 0.15) is 11.6 Å². The summed E-state index contributed by atoms with van der Waals surface area (Å²) < 4.78 is 19.0. The summed E-state index contributed by atoms with van der Waals surface area (Å²) in [6, 6.07) is 10.3. The molecule has 25 heavy (non-hydrogen) atoms. The Balaban J connectivity index is 1.95. The van der Waals surface area contributed by atoms with Gasteiger partial charge in [-0.25, -0.2) is 4.39 Å². The van der Waals surface area contributed by atoms with E-state index < -0.39 is 16.6 Å². The molecule has 1 amide bonds. The average molecular weight is 346 g/mol. The van der Waals surface area contributed by atoms with Gasteiger partial charge in [0, 0.05) is 12.1 Å². The number of halogens is 1. The maximum absolute atomic E-state index is 13.6. The Morgan fingerprint density at radius 3 is 2.56 bits per heavy atom. The zero-order chi connectivity index (χ0) is 18.4. The van der Waals surface area contributed by atoms with Crippen LogP contribution in [0.3, 0.4) is 0 Å². The van der Waals surface area contributed by atoms with Crippen LogP contribution in [-0.4, -0.2) is 17.4 Å². The number of amides is 1. The molecule has 2 aromatic carbocycles. The van der Waals surface area contributed by atoms with Crippen molar-refractivity contribution < 1.29 is 18.8 Å². The second-order valence-electron chi connectivity index (χ2n) is 5.64. The number of nitrogens with zero attached hydrogens (tertiary/aromatic N) is 1. The van der Waals surface area contributed by atoms with Crippen molar-refractivity contribution in [1.29, 1.82) is 0 Å². The van der Waals surface area contributed by atoms with Gasteiger partial charge in [0.25, 0.3) is 11.6 Å². The molecule has 0 radical (unpaired) electrons. The van der Waals surface area contributed by atoms with Gasteiger partial charge in [-0.2, -0.15) is 0 Å². The van der Waals surface area contributed by atoms with Crippen molar-refractivity contribution in [3.63, 3.8) is 0 Å². The molecular weight excluding hydrogens is 327 g/mol. The summed E-state index contributed by atoms with van der Waals surface area (Å²) in [6.45, 7) is 3.90. The van der Waals surface area contributed by atoms with Gasteiger partial charge in [-0.15, -0.1) is 0 Å². The van der Waals surface area contributed by atoms with E-state index in [1.807, 2.05) is 12.1 Å². The molecule has 0 saturated carbocycles. The van der Waals surface area contributed by atoms with Crippen molar-refractivity contribution in [2.75, 3.05) is 11.9 Å². The third-order valence-electron chi connectivity index (χ3n) is 3.87. The van der Waals surface area contributed by atoms with Crippen molar-refractivity contribution in [3.8, 4) is 5.75 Å². The number of benzene rings is 2. The zero-order valence-electron chi connectivity index (χ0n) is 14.0. The van der Waals surface area contributed by atoms with Crippen LogP contribution in [0, 0.1) is 15.9 Å². The van der Waals surface area contributed by atoms with E-state index >= 15 is 0 Å². The zero-order valence-corrected chi connectivity index (χ0v) is 14.0. The molecule has 0 aliphatic rings. The van der Waals surface area contributed by atoms with Gasteiger partial charge in [-0.1, -0.05) is 26.0 Å². The topological polar surface area (TPSA) is 81.5 Å². The molecule has 2 rings (SSSR count). The fourth-order valence-electron chi connectivity index (χ4n) is 2.19. The molecule has 0 fully saturated rings. The Kier molecular flexibility index (Phi) is 6.05. The Hall–Kier alpha value is -2.96. The second kappa shape index (κ2) is 8.23. The summed E-state index contributed by atoms with van der Waals surface area (Å²) >= 11 is 0. The number of carbonyl (C=O) groups is 1. The van der Waals surface area contributed by atoms with Crippen molar-refractivity contribution in [2.24, 2.45) is 0 Å². The van der Waals surface area contributed by atoms with Gasteiger partial charge in [-0.05, 0) is 36.1 Å². The highest BCUT2D eigenvalue weighted by atomic mass is 19.1. The van der Waals surface area contributed by atoms with E-state index in [-0.39, 0.29) is 18.0 Å². The third-order valence-corrected chi connectivity index (χ3v) is 3.87. The molecule has 0 aliphatic heterocycles. The van der Waals surface area contributed by atoms with E-state index in [2.05, 4.69) is 19.2 Å². The van der Waals surface area contributed by atoms with Crippen LogP contribution in [0.2, 0.25) is 0 Å². The minimum atomic E-state index is -0.753. The third kappa shape index (κ3) is 5.00. The Morgan fingerprint density at radius 1 is 1.28 bits per heavy atom. The molecule has 7 heteroatoms. The van der Waals surface area contributed by atoms with Gasteiger partial charge >= 0.3 is 0 Å². The van der Waals surface area contributed by atoms with E-state index in [1.54, 1.807) is 12.1 Å². The highest BCUT2D eigenvalue weighted by molar-refractivity contribution is 5.92. The molecule has 0 aliphatic carbocycles. The first-order valence-electron chi connectivity index (χ1n) is 7.87. The largest absolute Gasteiger partial charge is 0.484 e.